The number of carbonyl (C=O) groups is 1. The third-order valence-electron chi connectivity index (χ3n) is 6.74. The Bertz CT molecular complexity index is 1280. The van der Waals surface area contributed by atoms with Gasteiger partial charge in [-0.25, -0.2) is 0 Å². The molecule has 0 saturated heterocycles. The number of methoxy groups -OCH3 is 2. The fraction of sp³-hybridized carbons (Fsp3) is 0.219. The second kappa shape index (κ2) is 12.2. The van der Waals surface area contributed by atoms with Crippen molar-refractivity contribution in [3.05, 3.63) is 120 Å². The Morgan fingerprint density at radius 2 is 1.35 bits per heavy atom. The number of carboxylic acid groups (broad SMARTS) is 1. The van der Waals surface area contributed by atoms with E-state index in [9.17, 15) is 9.90 Å². The van der Waals surface area contributed by atoms with Gasteiger partial charge in [0, 0.05) is 18.6 Å². The van der Waals surface area contributed by atoms with Crippen LogP contribution in [0.15, 0.2) is 103 Å². The summed E-state index contributed by atoms with van der Waals surface area (Å²) in [5.41, 5.74) is 4.94. The Kier molecular flexibility index (Phi) is 8.60. The van der Waals surface area contributed by atoms with E-state index in [4.69, 9.17) is 9.47 Å². The van der Waals surface area contributed by atoms with Gasteiger partial charge in [0.25, 0.3) is 0 Å². The van der Waals surface area contributed by atoms with Crippen LogP contribution in [0.1, 0.15) is 42.1 Å². The molecule has 190 valence electrons. The zero-order valence-electron chi connectivity index (χ0n) is 21.5. The van der Waals surface area contributed by atoms with E-state index in [0.717, 1.165) is 27.8 Å². The maximum atomic E-state index is 12.2. The van der Waals surface area contributed by atoms with E-state index in [1.54, 1.807) is 14.2 Å². The summed E-state index contributed by atoms with van der Waals surface area (Å²) in [5, 5.41) is 10.00. The normalized spacial score (nSPS) is 12.6. The van der Waals surface area contributed by atoms with Crippen LogP contribution in [0.4, 0.5) is 0 Å². The van der Waals surface area contributed by atoms with Crippen molar-refractivity contribution in [1.29, 1.82) is 0 Å². The van der Waals surface area contributed by atoms with Crippen LogP contribution in [-0.2, 0) is 11.3 Å². The molecule has 5 nitrogen and oxygen atoms in total. The molecule has 2 atom stereocenters. The number of nitrogens with zero attached hydrogens (tertiary/aromatic N) is 1. The van der Waals surface area contributed by atoms with Crippen molar-refractivity contribution in [2.75, 3.05) is 14.2 Å². The molecule has 2 unspecified atom stereocenters. The molecule has 0 aromatic heterocycles. The van der Waals surface area contributed by atoms with Gasteiger partial charge >= 0.3 is 5.97 Å². The van der Waals surface area contributed by atoms with Crippen LogP contribution in [0, 0.1) is 0 Å². The van der Waals surface area contributed by atoms with Gasteiger partial charge < -0.3 is 14.6 Å². The van der Waals surface area contributed by atoms with Crippen molar-refractivity contribution < 1.29 is 19.4 Å². The smallest absolute Gasteiger partial charge is 0.305 e. The molecule has 0 aliphatic heterocycles. The van der Waals surface area contributed by atoms with Crippen LogP contribution >= 0.6 is 0 Å². The number of ether oxygens (including phenoxy) is 2. The fourth-order valence-electron chi connectivity index (χ4n) is 4.86. The predicted octanol–water partition coefficient (Wildman–Crippen LogP) is 7.15. The SMILES string of the molecule is COc1cccc(OC)c1-c1cccc(C(CC(=O)O)N(Cc2ccccc2)C(C)c2ccccc2)c1. The Morgan fingerprint density at radius 3 is 1.95 bits per heavy atom. The minimum Gasteiger partial charge on any atom is -0.496 e. The molecule has 4 rings (SSSR count). The molecular formula is C32H33NO4. The van der Waals surface area contributed by atoms with Gasteiger partial charge in [0.2, 0.25) is 0 Å². The second-order valence-electron chi connectivity index (χ2n) is 9.02. The first kappa shape index (κ1) is 26.0. The van der Waals surface area contributed by atoms with Crippen LogP contribution in [-0.4, -0.2) is 30.2 Å². The summed E-state index contributed by atoms with van der Waals surface area (Å²) in [6, 6.07) is 33.8. The van der Waals surface area contributed by atoms with Gasteiger partial charge in [-0.2, -0.15) is 0 Å². The molecule has 37 heavy (non-hydrogen) atoms. The van der Waals surface area contributed by atoms with Gasteiger partial charge in [0.15, 0.2) is 0 Å². The molecule has 1 N–H and O–H groups in total. The van der Waals surface area contributed by atoms with Gasteiger partial charge in [0.1, 0.15) is 11.5 Å². The third-order valence-corrected chi connectivity index (χ3v) is 6.74. The van der Waals surface area contributed by atoms with Crippen molar-refractivity contribution in [2.45, 2.75) is 32.0 Å². The summed E-state index contributed by atoms with van der Waals surface area (Å²) < 4.78 is 11.3. The molecule has 4 aromatic rings. The summed E-state index contributed by atoms with van der Waals surface area (Å²) in [5.74, 6) is 0.554. The highest BCUT2D eigenvalue weighted by Gasteiger charge is 2.29. The lowest BCUT2D eigenvalue weighted by atomic mass is 9.93. The Labute approximate surface area is 218 Å². The minimum absolute atomic E-state index is 0.0183. The fourth-order valence-corrected chi connectivity index (χ4v) is 4.86. The summed E-state index contributed by atoms with van der Waals surface area (Å²) in [4.78, 5) is 14.5. The average Bonchev–Trinajstić information content (AvgIpc) is 2.95. The quantitative estimate of drug-likeness (QED) is 0.239. The largest absolute Gasteiger partial charge is 0.496 e. The van der Waals surface area contributed by atoms with Gasteiger partial charge in [-0.05, 0) is 47.4 Å². The topological polar surface area (TPSA) is 59.0 Å². The first-order chi connectivity index (χ1) is 18.0. The zero-order valence-corrected chi connectivity index (χ0v) is 21.5. The van der Waals surface area contributed by atoms with E-state index in [1.165, 1.54) is 0 Å². The molecule has 0 aliphatic carbocycles. The highest BCUT2D eigenvalue weighted by molar-refractivity contribution is 5.77. The molecule has 0 spiro atoms. The number of aliphatic carboxylic acids is 1. The molecule has 0 saturated carbocycles. The minimum atomic E-state index is -0.844. The monoisotopic (exact) mass is 495 g/mol. The third kappa shape index (κ3) is 6.19. The number of hydrogen-bond acceptors (Lipinski definition) is 4. The molecule has 0 bridgehead atoms. The van der Waals surface area contributed by atoms with Crippen molar-refractivity contribution >= 4 is 5.97 Å². The van der Waals surface area contributed by atoms with Crippen molar-refractivity contribution in [1.82, 2.24) is 4.90 Å². The maximum Gasteiger partial charge on any atom is 0.305 e. The molecule has 5 heteroatoms. The van der Waals surface area contributed by atoms with Crippen LogP contribution < -0.4 is 9.47 Å². The van der Waals surface area contributed by atoms with E-state index in [0.29, 0.717) is 18.0 Å². The van der Waals surface area contributed by atoms with Gasteiger partial charge in [-0.15, -0.1) is 0 Å². The first-order valence-electron chi connectivity index (χ1n) is 12.4. The van der Waals surface area contributed by atoms with Gasteiger partial charge in [-0.3, -0.25) is 9.69 Å². The number of carboxylic acids is 1. The van der Waals surface area contributed by atoms with Crippen LogP contribution in [0.5, 0.6) is 11.5 Å². The molecule has 4 aromatic carbocycles. The summed E-state index contributed by atoms with van der Waals surface area (Å²) >= 11 is 0. The lowest BCUT2D eigenvalue weighted by Gasteiger charge is -2.37. The molecule has 0 heterocycles. The van der Waals surface area contributed by atoms with Crippen molar-refractivity contribution in [2.24, 2.45) is 0 Å². The highest BCUT2D eigenvalue weighted by atomic mass is 16.5. The number of rotatable bonds is 11. The first-order valence-corrected chi connectivity index (χ1v) is 12.4. The van der Waals surface area contributed by atoms with Gasteiger partial charge in [0.05, 0.1) is 26.2 Å². The van der Waals surface area contributed by atoms with E-state index in [2.05, 4.69) is 42.2 Å². The zero-order chi connectivity index (χ0) is 26.2. The summed E-state index contributed by atoms with van der Waals surface area (Å²) in [6.07, 6.45) is -0.0312. The van der Waals surface area contributed by atoms with Crippen molar-refractivity contribution in [3.8, 4) is 22.6 Å². The lowest BCUT2D eigenvalue weighted by Crippen LogP contribution is -2.32. The van der Waals surface area contributed by atoms with Crippen LogP contribution in [0.25, 0.3) is 11.1 Å². The number of benzene rings is 4. The Balaban J connectivity index is 1.83. The van der Waals surface area contributed by atoms with Crippen LogP contribution in [0.3, 0.4) is 0 Å². The lowest BCUT2D eigenvalue weighted by molar-refractivity contribution is -0.138. The Morgan fingerprint density at radius 1 is 0.784 bits per heavy atom. The average molecular weight is 496 g/mol. The molecule has 0 aliphatic rings. The molecule has 0 fully saturated rings. The van der Waals surface area contributed by atoms with Gasteiger partial charge in [-0.1, -0.05) is 84.9 Å². The predicted molar refractivity (Wildman–Crippen MR) is 147 cm³/mol. The van der Waals surface area contributed by atoms with E-state index in [1.807, 2.05) is 72.8 Å². The van der Waals surface area contributed by atoms with Crippen molar-refractivity contribution in [3.63, 3.8) is 0 Å². The molecular weight excluding hydrogens is 462 g/mol. The molecule has 0 amide bonds. The van der Waals surface area contributed by atoms with E-state index in [-0.39, 0.29) is 18.5 Å². The second-order valence-corrected chi connectivity index (χ2v) is 9.02. The standard InChI is InChI=1S/C32H33NO4/c1-23(25-14-8-5-9-15-25)33(22-24-12-6-4-7-13-24)28(21-31(34)35)26-16-10-17-27(20-26)32-29(36-2)18-11-19-30(32)37-3/h4-20,23,28H,21-22H2,1-3H3,(H,34,35). The van der Waals surface area contributed by atoms with E-state index >= 15 is 0 Å². The van der Waals surface area contributed by atoms with E-state index < -0.39 is 5.97 Å². The van der Waals surface area contributed by atoms with Crippen LogP contribution in [0.2, 0.25) is 0 Å². The highest BCUT2D eigenvalue weighted by Crippen LogP contribution is 2.41. The number of hydrogen-bond donors (Lipinski definition) is 1. The summed E-state index contributed by atoms with van der Waals surface area (Å²) in [6.45, 7) is 2.75. The maximum absolute atomic E-state index is 12.2. The summed E-state index contributed by atoms with van der Waals surface area (Å²) in [7, 11) is 3.27. The molecule has 0 radical (unpaired) electrons. The Hall–Kier alpha value is -4.09.